The van der Waals surface area contributed by atoms with Crippen LogP contribution in [0.4, 0.5) is 5.69 Å². The molecule has 2 heterocycles. The molecule has 4 rings (SSSR count). The normalized spacial score (nSPS) is 16.2. The van der Waals surface area contributed by atoms with E-state index in [-0.39, 0.29) is 17.6 Å². The van der Waals surface area contributed by atoms with Crippen molar-refractivity contribution in [2.45, 2.75) is 32.2 Å². The minimum absolute atomic E-state index is 0.114. The number of nitrogens with zero attached hydrogens (tertiary/aromatic N) is 1. The van der Waals surface area contributed by atoms with Crippen molar-refractivity contribution >= 4 is 28.5 Å². The number of ether oxygens (including phenoxy) is 1. The van der Waals surface area contributed by atoms with Crippen molar-refractivity contribution in [2.24, 2.45) is 5.92 Å². The summed E-state index contributed by atoms with van der Waals surface area (Å²) in [5.41, 5.74) is 2.91. The van der Waals surface area contributed by atoms with Crippen LogP contribution < -0.4 is 5.32 Å². The Labute approximate surface area is 182 Å². The molecule has 1 aliphatic heterocycles. The maximum atomic E-state index is 13.1. The van der Waals surface area contributed by atoms with Gasteiger partial charge in [-0.25, -0.2) is 4.79 Å². The number of piperidine rings is 1. The fourth-order valence-corrected chi connectivity index (χ4v) is 4.41. The summed E-state index contributed by atoms with van der Waals surface area (Å²) in [7, 11) is 1.33. The van der Waals surface area contributed by atoms with Crippen molar-refractivity contribution in [2.75, 3.05) is 25.5 Å². The Morgan fingerprint density at radius 2 is 1.77 bits per heavy atom. The third-order valence-electron chi connectivity index (χ3n) is 6.29. The van der Waals surface area contributed by atoms with Crippen LogP contribution in [0.25, 0.3) is 10.9 Å². The zero-order valence-corrected chi connectivity index (χ0v) is 18.1. The van der Waals surface area contributed by atoms with E-state index in [4.69, 9.17) is 4.74 Å². The average Bonchev–Trinajstić information content (AvgIpc) is 3.17. The standard InChI is InChI=1S/C25H29N3O3/c1-17(28-14-12-19(13-15-28)16-18-8-4-3-5-9-18)24(29)27-22-20-10-6-7-11-21(20)26-23(22)25(30)31-2/h3-11,17,19,26H,12-16H2,1-2H3,(H,27,29)/t17-/m1/s1. The average molecular weight is 420 g/mol. The van der Waals surface area contributed by atoms with E-state index >= 15 is 0 Å². The summed E-state index contributed by atoms with van der Waals surface area (Å²) in [4.78, 5) is 30.6. The number of hydrogen-bond donors (Lipinski definition) is 2. The van der Waals surface area contributed by atoms with Crippen LogP contribution in [-0.4, -0.2) is 48.0 Å². The quantitative estimate of drug-likeness (QED) is 0.586. The number of methoxy groups -OCH3 is 1. The van der Waals surface area contributed by atoms with Crippen LogP contribution in [0.3, 0.4) is 0 Å². The number of likely N-dealkylation sites (tertiary alicyclic amines) is 1. The predicted molar refractivity (Wildman–Crippen MR) is 122 cm³/mol. The highest BCUT2D eigenvalue weighted by atomic mass is 16.5. The Bertz CT molecular complexity index is 1050. The van der Waals surface area contributed by atoms with Gasteiger partial charge in [0.25, 0.3) is 0 Å². The van der Waals surface area contributed by atoms with Crippen molar-refractivity contribution in [1.82, 2.24) is 9.88 Å². The monoisotopic (exact) mass is 419 g/mol. The Kier molecular flexibility index (Phi) is 6.37. The van der Waals surface area contributed by atoms with Crippen LogP contribution in [0.1, 0.15) is 35.8 Å². The van der Waals surface area contributed by atoms with Gasteiger partial charge in [-0.3, -0.25) is 9.69 Å². The summed E-state index contributed by atoms with van der Waals surface area (Å²) in [5.74, 6) is 0.0331. The van der Waals surface area contributed by atoms with Gasteiger partial charge < -0.3 is 15.0 Å². The fraction of sp³-hybridized carbons (Fsp3) is 0.360. The van der Waals surface area contributed by atoms with Crippen molar-refractivity contribution in [3.63, 3.8) is 0 Å². The number of aromatic amines is 1. The third-order valence-corrected chi connectivity index (χ3v) is 6.29. The van der Waals surface area contributed by atoms with Crippen LogP contribution in [0, 0.1) is 5.92 Å². The molecule has 6 nitrogen and oxygen atoms in total. The molecule has 1 amide bonds. The number of H-pyrrole nitrogens is 1. The second kappa shape index (κ2) is 9.35. The number of carbonyl (C=O) groups is 2. The van der Waals surface area contributed by atoms with E-state index in [1.165, 1.54) is 12.7 Å². The molecule has 0 bridgehead atoms. The highest BCUT2D eigenvalue weighted by Gasteiger charge is 2.28. The largest absolute Gasteiger partial charge is 0.464 e. The number of amides is 1. The third kappa shape index (κ3) is 4.64. The van der Waals surface area contributed by atoms with E-state index in [0.29, 0.717) is 11.6 Å². The Balaban J connectivity index is 1.41. The SMILES string of the molecule is COC(=O)c1[nH]c2ccccc2c1NC(=O)[C@@H](C)N1CCC(Cc2ccccc2)CC1. The first-order valence-corrected chi connectivity index (χ1v) is 10.8. The van der Waals surface area contributed by atoms with E-state index in [0.717, 1.165) is 43.3 Å². The van der Waals surface area contributed by atoms with E-state index in [1.54, 1.807) is 0 Å². The summed E-state index contributed by atoms with van der Waals surface area (Å²) >= 11 is 0. The van der Waals surface area contributed by atoms with E-state index in [2.05, 4.69) is 39.5 Å². The molecule has 162 valence electrons. The van der Waals surface area contributed by atoms with Gasteiger partial charge in [0.15, 0.2) is 0 Å². The molecule has 0 unspecified atom stereocenters. The van der Waals surface area contributed by atoms with E-state index in [9.17, 15) is 9.59 Å². The molecule has 31 heavy (non-hydrogen) atoms. The number of benzene rings is 2. The summed E-state index contributed by atoms with van der Waals surface area (Å²) < 4.78 is 4.89. The Morgan fingerprint density at radius 3 is 2.48 bits per heavy atom. The number of fused-ring (bicyclic) bond motifs is 1. The summed E-state index contributed by atoms with van der Waals surface area (Å²) in [6.45, 7) is 3.72. The molecule has 6 heteroatoms. The molecule has 1 fully saturated rings. The van der Waals surface area contributed by atoms with Crippen LogP contribution in [0.2, 0.25) is 0 Å². The second-order valence-electron chi connectivity index (χ2n) is 8.25. The fourth-order valence-electron chi connectivity index (χ4n) is 4.41. The molecule has 3 aromatic rings. The summed E-state index contributed by atoms with van der Waals surface area (Å²) in [5, 5.41) is 3.78. The van der Waals surface area contributed by atoms with E-state index in [1.807, 2.05) is 37.3 Å². The molecule has 2 aromatic carbocycles. The van der Waals surface area contributed by atoms with Gasteiger partial charge in [-0.2, -0.15) is 0 Å². The number of hydrogen-bond acceptors (Lipinski definition) is 4. The van der Waals surface area contributed by atoms with Gasteiger partial charge in [-0.15, -0.1) is 0 Å². The van der Waals surface area contributed by atoms with Gasteiger partial charge in [0.2, 0.25) is 5.91 Å². The van der Waals surface area contributed by atoms with Gasteiger partial charge in [-0.1, -0.05) is 48.5 Å². The number of esters is 1. The minimum Gasteiger partial charge on any atom is -0.464 e. The first kappa shape index (κ1) is 21.1. The molecular weight excluding hydrogens is 390 g/mol. The Morgan fingerprint density at radius 1 is 1.10 bits per heavy atom. The number of carbonyl (C=O) groups excluding carboxylic acids is 2. The van der Waals surface area contributed by atoms with Crippen molar-refractivity contribution in [3.8, 4) is 0 Å². The molecule has 0 spiro atoms. The Hall–Kier alpha value is -3.12. The van der Waals surface area contributed by atoms with Crippen LogP contribution >= 0.6 is 0 Å². The van der Waals surface area contributed by atoms with Gasteiger partial charge in [-0.05, 0) is 56.8 Å². The lowest BCUT2D eigenvalue weighted by molar-refractivity contribution is -0.121. The van der Waals surface area contributed by atoms with Crippen LogP contribution in [0.5, 0.6) is 0 Å². The molecule has 0 radical (unpaired) electrons. The number of aromatic nitrogens is 1. The molecule has 1 aliphatic rings. The summed E-state index contributed by atoms with van der Waals surface area (Å²) in [6, 6.07) is 17.8. The molecular formula is C25H29N3O3. The molecule has 0 saturated carbocycles. The minimum atomic E-state index is -0.499. The molecule has 1 atom stereocenters. The highest BCUT2D eigenvalue weighted by Crippen LogP contribution is 2.29. The highest BCUT2D eigenvalue weighted by molar-refractivity contribution is 6.11. The number of anilines is 1. The van der Waals surface area contributed by atoms with E-state index < -0.39 is 5.97 Å². The lowest BCUT2D eigenvalue weighted by Crippen LogP contribution is -2.46. The molecule has 2 N–H and O–H groups in total. The number of para-hydroxylation sites is 1. The smallest absolute Gasteiger partial charge is 0.356 e. The van der Waals surface area contributed by atoms with Gasteiger partial charge >= 0.3 is 5.97 Å². The topological polar surface area (TPSA) is 74.4 Å². The van der Waals surface area contributed by atoms with Crippen LogP contribution in [0.15, 0.2) is 54.6 Å². The first-order valence-electron chi connectivity index (χ1n) is 10.8. The zero-order valence-electron chi connectivity index (χ0n) is 18.1. The van der Waals surface area contributed by atoms with Crippen molar-refractivity contribution in [3.05, 3.63) is 65.9 Å². The zero-order chi connectivity index (χ0) is 21.8. The summed E-state index contributed by atoms with van der Waals surface area (Å²) in [6.07, 6.45) is 3.24. The first-order chi connectivity index (χ1) is 15.1. The van der Waals surface area contributed by atoms with Crippen molar-refractivity contribution < 1.29 is 14.3 Å². The molecule has 1 aromatic heterocycles. The van der Waals surface area contributed by atoms with Gasteiger partial charge in [0.1, 0.15) is 5.69 Å². The lowest BCUT2D eigenvalue weighted by Gasteiger charge is -2.35. The molecule has 0 aliphatic carbocycles. The van der Waals surface area contributed by atoms with Gasteiger partial charge in [0, 0.05) is 10.9 Å². The number of rotatable bonds is 6. The second-order valence-corrected chi connectivity index (χ2v) is 8.25. The molecule has 1 saturated heterocycles. The van der Waals surface area contributed by atoms with Crippen LogP contribution in [-0.2, 0) is 16.0 Å². The number of nitrogens with one attached hydrogen (secondary N) is 2. The van der Waals surface area contributed by atoms with Gasteiger partial charge in [0.05, 0.1) is 18.8 Å². The maximum absolute atomic E-state index is 13.1. The predicted octanol–water partition coefficient (Wildman–Crippen LogP) is 4.24. The van der Waals surface area contributed by atoms with Crippen molar-refractivity contribution in [1.29, 1.82) is 0 Å². The lowest BCUT2D eigenvalue weighted by atomic mass is 9.89. The maximum Gasteiger partial charge on any atom is 0.356 e.